The van der Waals surface area contributed by atoms with E-state index >= 15 is 0 Å². The monoisotopic (exact) mass is 241 g/mol. The first-order valence-electron chi connectivity index (χ1n) is 6.82. The molecule has 18 heavy (non-hydrogen) atoms. The molecule has 1 aromatic rings. The van der Waals surface area contributed by atoms with Crippen LogP contribution in [0.1, 0.15) is 49.9 Å². The third-order valence-electron chi connectivity index (χ3n) is 4.31. The molecule has 0 atom stereocenters. The highest BCUT2D eigenvalue weighted by Gasteiger charge is 2.34. The largest absolute Gasteiger partial charge is 0.350 e. The maximum absolute atomic E-state index is 9.36. The van der Waals surface area contributed by atoms with Gasteiger partial charge in [-0.2, -0.15) is 5.26 Å². The number of fused-ring (bicyclic) bond motifs is 1. The van der Waals surface area contributed by atoms with E-state index in [0.29, 0.717) is 0 Å². The minimum atomic E-state index is 0.130. The fraction of sp³-hybridized carbons (Fsp3) is 0.600. The minimum Gasteiger partial charge on any atom is -0.350 e. The van der Waals surface area contributed by atoms with Crippen molar-refractivity contribution in [2.45, 2.75) is 51.5 Å². The number of hydrogen-bond acceptors (Lipinski definition) is 3. The summed E-state index contributed by atoms with van der Waals surface area (Å²) in [5, 5.41) is 9.36. The number of pyridine rings is 1. The van der Waals surface area contributed by atoms with Crippen LogP contribution in [-0.4, -0.2) is 17.1 Å². The Morgan fingerprint density at radius 2 is 2.17 bits per heavy atom. The summed E-state index contributed by atoms with van der Waals surface area (Å²) in [5.41, 5.74) is 3.38. The number of nitriles is 1. The summed E-state index contributed by atoms with van der Waals surface area (Å²) in [6.45, 7) is 5.51. The van der Waals surface area contributed by atoms with E-state index in [0.717, 1.165) is 30.8 Å². The highest BCUT2D eigenvalue weighted by molar-refractivity contribution is 5.58. The van der Waals surface area contributed by atoms with Crippen molar-refractivity contribution in [2.24, 2.45) is 0 Å². The van der Waals surface area contributed by atoms with Gasteiger partial charge in [0.1, 0.15) is 11.9 Å². The van der Waals surface area contributed by atoms with Gasteiger partial charge in [0.05, 0.1) is 5.56 Å². The molecule has 0 unspecified atom stereocenters. The zero-order valence-corrected chi connectivity index (χ0v) is 11.2. The van der Waals surface area contributed by atoms with Crippen molar-refractivity contribution in [3.63, 3.8) is 0 Å². The Labute approximate surface area is 108 Å². The Morgan fingerprint density at radius 3 is 2.83 bits per heavy atom. The van der Waals surface area contributed by atoms with Crippen LogP contribution in [0.5, 0.6) is 0 Å². The topological polar surface area (TPSA) is 39.9 Å². The van der Waals surface area contributed by atoms with Gasteiger partial charge >= 0.3 is 0 Å². The van der Waals surface area contributed by atoms with Crippen LogP contribution in [0.15, 0.2) is 6.07 Å². The van der Waals surface area contributed by atoms with Crippen molar-refractivity contribution in [3.8, 4) is 6.07 Å². The van der Waals surface area contributed by atoms with Gasteiger partial charge in [0.2, 0.25) is 0 Å². The lowest BCUT2D eigenvalue weighted by atomic mass is 10.0. The van der Waals surface area contributed by atoms with Crippen molar-refractivity contribution in [2.75, 3.05) is 11.4 Å². The quantitative estimate of drug-likeness (QED) is 0.759. The van der Waals surface area contributed by atoms with Crippen LogP contribution in [0.2, 0.25) is 0 Å². The lowest BCUT2D eigenvalue weighted by Crippen LogP contribution is -2.39. The molecular formula is C15H19N3. The molecule has 0 saturated carbocycles. The van der Waals surface area contributed by atoms with Crippen LogP contribution in [0.3, 0.4) is 0 Å². The number of aromatic nitrogens is 1. The van der Waals surface area contributed by atoms with Gasteiger partial charge in [-0.1, -0.05) is 0 Å². The predicted octanol–water partition coefficient (Wildman–Crippen LogP) is 2.82. The third-order valence-corrected chi connectivity index (χ3v) is 4.31. The van der Waals surface area contributed by atoms with Crippen molar-refractivity contribution in [3.05, 3.63) is 22.9 Å². The lowest BCUT2D eigenvalue weighted by Gasteiger charge is -2.33. The van der Waals surface area contributed by atoms with E-state index in [2.05, 4.69) is 30.9 Å². The van der Waals surface area contributed by atoms with Gasteiger partial charge in [-0.15, -0.1) is 0 Å². The summed E-state index contributed by atoms with van der Waals surface area (Å²) in [4.78, 5) is 7.13. The molecule has 94 valence electrons. The van der Waals surface area contributed by atoms with E-state index < -0.39 is 0 Å². The normalized spacial score (nSPS) is 20.8. The second-order valence-corrected chi connectivity index (χ2v) is 6.00. The standard InChI is InChI=1S/C15H19N3/c1-15(2)7-4-8-18(15)14-12(10-16)9-11-5-3-6-13(11)17-14/h9H,3-8H2,1-2H3. The van der Waals surface area contributed by atoms with Gasteiger partial charge in [0.25, 0.3) is 0 Å². The fourth-order valence-corrected chi connectivity index (χ4v) is 3.25. The Hall–Kier alpha value is -1.56. The molecule has 0 amide bonds. The van der Waals surface area contributed by atoms with Gasteiger partial charge < -0.3 is 4.90 Å². The lowest BCUT2D eigenvalue weighted by molar-refractivity contribution is 0.513. The molecule has 1 saturated heterocycles. The van der Waals surface area contributed by atoms with E-state index in [1.807, 2.05) is 0 Å². The zero-order chi connectivity index (χ0) is 12.8. The van der Waals surface area contributed by atoms with E-state index in [1.165, 1.54) is 30.5 Å². The third kappa shape index (κ3) is 1.68. The van der Waals surface area contributed by atoms with Gasteiger partial charge in [-0.05, 0) is 57.6 Å². The molecule has 1 aromatic heterocycles. The van der Waals surface area contributed by atoms with Gasteiger partial charge in [0.15, 0.2) is 0 Å². The highest BCUT2D eigenvalue weighted by atomic mass is 15.3. The summed E-state index contributed by atoms with van der Waals surface area (Å²) in [5.74, 6) is 0.917. The van der Waals surface area contributed by atoms with Gasteiger partial charge in [-0.25, -0.2) is 4.98 Å². The van der Waals surface area contributed by atoms with Crippen LogP contribution >= 0.6 is 0 Å². The van der Waals surface area contributed by atoms with Crippen molar-refractivity contribution in [1.29, 1.82) is 5.26 Å². The van der Waals surface area contributed by atoms with Crippen LogP contribution < -0.4 is 4.90 Å². The van der Waals surface area contributed by atoms with E-state index in [4.69, 9.17) is 4.98 Å². The molecule has 1 aliphatic carbocycles. The molecule has 2 aliphatic rings. The first-order chi connectivity index (χ1) is 8.62. The molecule has 2 heterocycles. The van der Waals surface area contributed by atoms with E-state index in [9.17, 15) is 5.26 Å². The van der Waals surface area contributed by atoms with Gasteiger partial charge in [-0.3, -0.25) is 0 Å². The first-order valence-corrected chi connectivity index (χ1v) is 6.82. The highest BCUT2D eigenvalue weighted by Crippen LogP contribution is 2.36. The number of aryl methyl sites for hydroxylation is 2. The van der Waals surface area contributed by atoms with Gasteiger partial charge in [0, 0.05) is 17.8 Å². The molecule has 0 aromatic carbocycles. The number of nitrogens with zero attached hydrogens (tertiary/aromatic N) is 3. The average molecular weight is 241 g/mol. The molecule has 1 aliphatic heterocycles. The second-order valence-electron chi connectivity index (χ2n) is 6.00. The van der Waals surface area contributed by atoms with Crippen LogP contribution in [0.4, 0.5) is 5.82 Å². The molecule has 0 radical (unpaired) electrons. The Bertz CT molecular complexity index is 525. The average Bonchev–Trinajstić information content (AvgIpc) is 2.92. The first kappa shape index (κ1) is 11.5. The summed E-state index contributed by atoms with van der Waals surface area (Å²) < 4.78 is 0. The Kier molecular flexibility index (Phi) is 2.55. The Balaban J connectivity index is 2.09. The van der Waals surface area contributed by atoms with Crippen molar-refractivity contribution in [1.82, 2.24) is 4.98 Å². The van der Waals surface area contributed by atoms with E-state index in [1.54, 1.807) is 0 Å². The zero-order valence-electron chi connectivity index (χ0n) is 11.2. The maximum Gasteiger partial charge on any atom is 0.147 e. The molecule has 1 fully saturated rings. The molecule has 3 nitrogen and oxygen atoms in total. The van der Waals surface area contributed by atoms with E-state index in [-0.39, 0.29) is 5.54 Å². The molecule has 3 rings (SSSR count). The van der Waals surface area contributed by atoms with Crippen molar-refractivity contribution >= 4 is 5.82 Å². The fourth-order valence-electron chi connectivity index (χ4n) is 3.25. The summed E-state index contributed by atoms with van der Waals surface area (Å²) in [6, 6.07) is 4.40. The van der Waals surface area contributed by atoms with Crippen molar-refractivity contribution < 1.29 is 0 Å². The van der Waals surface area contributed by atoms with Crippen LogP contribution in [0.25, 0.3) is 0 Å². The number of rotatable bonds is 1. The SMILES string of the molecule is CC1(C)CCCN1c1nc2c(cc1C#N)CCC2. The maximum atomic E-state index is 9.36. The molecule has 3 heteroatoms. The second kappa shape index (κ2) is 3.98. The number of hydrogen-bond donors (Lipinski definition) is 0. The smallest absolute Gasteiger partial charge is 0.147 e. The molecule has 0 spiro atoms. The van der Waals surface area contributed by atoms with Crippen LogP contribution in [0, 0.1) is 11.3 Å². The number of anilines is 1. The summed E-state index contributed by atoms with van der Waals surface area (Å²) in [6.07, 6.45) is 5.70. The minimum absolute atomic E-state index is 0.130. The van der Waals surface area contributed by atoms with Crippen LogP contribution in [-0.2, 0) is 12.8 Å². The molecule has 0 bridgehead atoms. The molecular weight excluding hydrogens is 222 g/mol. The summed E-state index contributed by atoms with van der Waals surface area (Å²) >= 11 is 0. The summed E-state index contributed by atoms with van der Waals surface area (Å²) in [7, 11) is 0. The molecule has 0 N–H and O–H groups in total. The Morgan fingerprint density at radius 1 is 1.33 bits per heavy atom. The predicted molar refractivity (Wildman–Crippen MR) is 71.6 cm³/mol.